The fourth-order valence-corrected chi connectivity index (χ4v) is 3.89. The predicted octanol–water partition coefficient (Wildman–Crippen LogP) is 5.21. The Kier molecular flexibility index (Phi) is 7.07. The van der Waals surface area contributed by atoms with E-state index in [9.17, 15) is 4.79 Å². The molecule has 0 saturated carbocycles. The molecule has 0 bridgehead atoms. The molecule has 0 aliphatic heterocycles. The van der Waals surface area contributed by atoms with E-state index in [1.54, 1.807) is 12.1 Å². The minimum absolute atomic E-state index is 0.146. The van der Waals surface area contributed by atoms with Gasteiger partial charge in [-0.3, -0.25) is 4.79 Å². The van der Waals surface area contributed by atoms with Crippen LogP contribution >= 0.6 is 15.9 Å². The van der Waals surface area contributed by atoms with Crippen molar-refractivity contribution in [1.29, 1.82) is 0 Å². The number of carbonyl (C=O) groups is 1. The zero-order valence-corrected chi connectivity index (χ0v) is 19.3. The monoisotopic (exact) mass is 493 g/mol. The number of ether oxygens (including phenoxy) is 2. The fraction of sp³-hybridized carbons (Fsp3) is 0.200. The van der Waals surface area contributed by atoms with E-state index in [1.165, 1.54) is 0 Å². The average Bonchev–Trinajstić information content (AvgIpc) is 3.16. The number of hydrogen-bond acceptors (Lipinski definition) is 4. The number of aromatic nitrogens is 2. The molecule has 1 N–H and O–H groups in total. The molecule has 32 heavy (non-hydrogen) atoms. The SMILES string of the molecule is CCOc1ccccc1OCCn1c(CNC(=O)c2cccc(Br)c2)nc2ccccc21. The van der Waals surface area contributed by atoms with Crippen molar-refractivity contribution in [3.63, 3.8) is 0 Å². The van der Waals surface area contributed by atoms with Crippen LogP contribution in [-0.4, -0.2) is 28.7 Å². The maximum atomic E-state index is 12.6. The topological polar surface area (TPSA) is 65.4 Å². The fourth-order valence-electron chi connectivity index (χ4n) is 3.49. The van der Waals surface area contributed by atoms with Crippen LogP contribution in [0.4, 0.5) is 0 Å². The number of para-hydroxylation sites is 4. The average molecular weight is 494 g/mol. The normalized spacial score (nSPS) is 10.8. The lowest BCUT2D eigenvalue weighted by atomic mass is 10.2. The van der Waals surface area contributed by atoms with Crippen molar-refractivity contribution >= 4 is 32.9 Å². The number of nitrogens with zero attached hydrogens (tertiary/aromatic N) is 2. The molecule has 0 aliphatic rings. The Morgan fingerprint density at radius 1 is 1.00 bits per heavy atom. The zero-order chi connectivity index (χ0) is 22.3. The van der Waals surface area contributed by atoms with E-state index in [2.05, 4.69) is 25.8 Å². The van der Waals surface area contributed by atoms with Crippen molar-refractivity contribution in [3.05, 3.63) is 88.7 Å². The highest BCUT2D eigenvalue weighted by molar-refractivity contribution is 9.10. The quantitative estimate of drug-likeness (QED) is 0.347. The van der Waals surface area contributed by atoms with Crippen molar-refractivity contribution in [2.75, 3.05) is 13.2 Å². The van der Waals surface area contributed by atoms with Crippen LogP contribution in [0.15, 0.2) is 77.3 Å². The van der Waals surface area contributed by atoms with E-state index >= 15 is 0 Å². The number of carbonyl (C=O) groups excluding carboxylic acids is 1. The Morgan fingerprint density at radius 2 is 1.75 bits per heavy atom. The summed E-state index contributed by atoms with van der Waals surface area (Å²) in [4.78, 5) is 17.3. The molecule has 1 aromatic heterocycles. The van der Waals surface area contributed by atoms with Gasteiger partial charge in [0.2, 0.25) is 0 Å². The molecule has 0 radical (unpaired) electrons. The third-order valence-corrected chi connectivity index (χ3v) is 5.44. The lowest BCUT2D eigenvalue weighted by Gasteiger charge is -2.14. The molecule has 0 aliphatic carbocycles. The largest absolute Gasteiger partial charge is 0.490 e. The van der Waals surface area contributed by atoms with Gasteiger partial charge in [0.15, 0.2) is 11.5 Å². The van der Waals surface area contributed by atoms with Gasteiger partial charge in [-0.15, -0.1) is 0 Å². The summed E-state index contributed by atoms with van der Waals surface area (Å²) in [6.45, 7) is 3.87. The minimum atomic E-state index is -0.146. The summed E-state index contributed by atoms with van der Waals surface area (Å²) >= 11 is 3.40. The summed E-state index contributed by atoms with van der Waals surface area (Å²) in [5.41, 5.74) is 2.48. The Morgan fingerprint density at radius 3 is 2.53 bits per heavy atom. The van der Waals surface area contributed by atoms with Crippen LogP contribution in [0.2, 0.25) is 0 Å². The van der Waals surface area contributed by atoms with Crippen LogP contribution in [0.3, 0.4) is 0 Å². The lowest BCUT2D eigenvalue weighted by molar-refractivity contribution is 0.0949. The van der Waals surface area contributed by atoms with Crippen LogP contribution in [0.5, 0.6) is 11.5 Å². The highest BCUT2D eigenvalue weighted by Crippen LogP contribution is 2.26. The second-order valence-corrected chi connectivity index (χ2v) is 8.01. The van der Waals surface area contributed by atoms with Gasteiger partial charge in [0.25, 0.3) is 5.91 Å². The number of benzene rings is 3. The molecule has 7 heteroatoms. The maximum absolute atomic E-state index is 12.6. The summed E-state index contributed by atoms with van der Waals surface area (Å²) in [5.74, 6) is 2.07. The highest BCUT2D eigenvalue weighted by atomic mass is 79.9. The molecule has 0 spiro atoms. The molecule has 4 rings (SSSR count). The summed E-state index contributed by atoms with van der Waals surface area (Å²) in [5, 5.41) is 2.97. The molecule has 1 amide bonds. The van der Waals surface area contributed by atoms with Gasteiger partial charge in [0, 0.05) is 10.0 Å². The van der Waals surface area contributed by atoms with Gasteiger partial charge >= 0.3 is 0 Å². The van der Waals surface area contributed by atoms with Crippen LogP contribution < -0.4 is 14.8 Å². The number of rotatable bonds is 9. The van der Waals surface area contributed by atoms with Crippen molar-refractivity contribution in [2.24, 2.45) is 0 Å². The van der Waals surface area contributed by atoms with Gasteiger partial charge < -0.3 is 19.4 Å². The van der Waals surface area contributed by atoms with Gasteiger partial charge in [-0.2, -0.15) is 0 Å². The van der Waals surface area contributed by atoms with Gasteiger partial charge in [-0.25, -0.2) is 4.98 Å². The highest BCUT2D eigenvalue weighted by Gasteiger charge is 2.13. The van der Waals surface area contributed by atoms with E-state index in [-0.39, 0.29) is 5.91 Å². The number of hydrogen-bond donors (Lipinski definition) is 1. The number of nitrogens with one attached hydrogen (secondary N) is 1. The first-order valence-electron chi connectivity index (χ1n) is 10.5. The van der Waals surface area contributed by atoms with Crippen LogP contribution in [0, 0.1) is 0 Å². The Hall–Kier alpha value is -3.32. The van der Waals surface area contributed by atoms with E-state index < -0.39 is 0 Å². The van der Waals surface area contributed by atoms with Crippen molar-refractivity contribution < 1.29 is 14.3 Å². The Balaban J connectivity index is 1.49. The van der Waals surface area contributed by atoms with Crippen molar-refractivity contribution in [2.45, 2.75) is 20.0 Å². The summed E-state index contributed by atoms with van der Waals surface area (Å²) in [7, 11) is 0. The van der Waals surface area contributed by atoms with Gasteiger partial charge in [0.05, 0.1) is 30.7 Å². The van der Waals surface area contributed by atoms with Crippen molar-refractivity contribution in [3.8, 4) is 11.5 Å². The lowest BCUT2D eigenvalue weighted by Crippen LogP contribution is -2.25. The number of fused-ring (bicyclic) bond motifs is 1. The Labute approximate surface area is 195 Å². The summed E-state index contributed by atoms with van der Waals surface area (Å²) in [6, 6.07) is 22.9. The minimum Gasteiger partial charge on any atom is -0.490 e. The first-order valence-corrected chi connectivity index (χ1v) is 11.3. The predicted molar refractivity (Wildman–Crippen MR) is 128 cm³/mol. The number of imidazole rings is 1. The smallest absolute Gasteiger partial charge is 0.251 e. The van der Waals surface area contributed by atoms with E-state index in [4.69, 9.17) is 14.5 Å². The van der Waals surface area contributed by atoms with Crippen LogP contribution in [0.25, 0.3) is 11.0 Å². The first kappa shape index (κ1) is 21.9. The Bertz CT molecular complexity index is 1220. The van der Waals surface area contributed by atoms with Gasteiger partial charge in [0.1, 0.15) is 12.4 Å². The number of amides is 1. The van der Waals surface area contributed by atoms with E-state index in [1.807, 2.05) is 67.6 Å². The van der Waals surface area contributed by atoms with Gasteiger partial charge in [-0.1, -0.05) is 46.3 Å². The molecule has 3 aromatic carbocycles. The third-order valence-electron chi connectivity index (χ3n) is 4.95. The maximum Gasteiger partial charge on any atom is 0.251 e. The standard InChI is InChI=1S/C25H24BrN3O3/c1-2-31-22-12-5-6-13-23(22)32-15-14-29-21-11-4-3-10-20(21)28-24(29)17-27-25(30)18-8-7-9-19(26)16-18/h3-13,16H,2,14-15,17H2,1H3,(H,27,30). The van der Waals surface area contributed by atoms with Crippen LogP contribution in [-0.2, 0) is 13.1 Å². The number of halogens is 1. The molecular formula is C25H24BrN3O3. The second-order valence-electron chi connectivity index (χ2n) is 7.09. The summed E-state index contributed by atoms with van der Waals surface area (Å²) < 4.78 is 14.6. The molecule has 6 nitrogen and oxygen atoms in total. The van der Waals surface area contributed by atoms with E-state index in [0.717, 1.165) is 27.1 Å². The first-order chi connectivity index (χ1) is 15.7. The second kappa shape index (κ2) is 10.3. The van der Waals surface area contributed by atoms with Gasteiger partial charge in [-0.05, 0) is 49.4 Å². The zero-order valence-electron chi connectivity index (χ0n) is 17.8. The third kappa shape index (κ3) is 5.11. The van der Waals surface area contributed by atoms with Crippen molar-refractivity contribution in [1.82, 2.24) is 14.9 Å². The molecule has 164 valence electrons. The molecule has 0 unspecified atom stereocenters. The molecule has 4 aromatic rings. The molecule has 1 heterocycles. The van der Waals surface area contributed by atoms with E-state index in [0.29, 0.717) is 37.6 Å². The van der Waals surface area contributed by atoms with Crippen LogP contribution in [0.1, 0.15) is 23.1 Å². The molecule has 0 atom stereocenters. The molecule has 0 fully saturated rings. The molecule has 0 saturated heterocycles. The molecular weight excluding hydrogens is 470 g/mol. The summed E-state index contributed by atoms with van der Waals surface area (Å²) in [6.07, 6.45) is 0.